The van der Waals surface area contributed by atoms with Crippen molar-refractivity contribution in [3.8, 4) is 0 Å². The lowest BCUT2D eigenvalue weighted by atomic mass is 10.3. The summed E-state index contributed by atoms with van der Waals surface area (Å²) in [7, 11) is 0. The second-order valence-electron chi connectivity index (χ2n) is 3.04. The van der Waals surface area contributed by atoms with Gasteiger partial charge < -0.3 is 10.1 Å². The van der Waals surface area contributed by atoms with Crippen molar-refractivity contribution in [1.29, 1.82) is 0 Å². The van der Waals surface area contributed by atoms with Crippen LogP contribution in [0, 0.1) is 0 Å². The van der Waals surface area contributed by atoms with E-state index in [0.29, 0.717) is 16.5 Å². The van der Waals surface area contributed by atoms with Crippen molar-refractivity contribution >= 4 is 34.8 Å². The smallest absolute Gasteiger partial charge is 0.328 e. The van der Waals surface area contributed by atoms with Gasteiger partial charge in [-0.3, -0.25) is 4.79 Å². The molecule has 1 atom stereocenters. The second-order valence-corrected chi connectivity index (χ2v) is 4.37. The van der Waals surface area contributed by atoms with Gasteiger partial charge in [-0.2, -0.15) is 0 Å². The topological polar surface area (TPSA) is 55.4 Å². The Balaban J connectivity index is 2.58. The van der Waals surface area contributed by atoms with E-state index in [1.165, 1.54) is 11.3 Å². The van der Waals surface area contributed by atoms with Crippen molar-refractivity contribution in [2.24, 2.45) is 0 Å². The van der Waals surface area contributed by atoms with Crippen LogP contribution in [0.2, 0.25) is 5.02 Å². The Morgan fingerprint density at radius 2 is 2.31 bits per heavy atom. The Kier molecular flexibility index (Phi) is 4.76. The van der Waals surface area contributed by atoms with Gasteiger partial charge in [-0.05, 0) is 25.3 Å². The van der Waals surface area contributed by atoms with Gasteiger partial charge in [0.1, 0.15) is 10.9 Å². The predicted octanol–water partition coefficient (Wildman–Crippen LogP) is 2.08. The monoisotopic (exact) mass is 261 g/mol. The maximum atomic E-state index is 11.7. The summed E-state index contributed by atoms with van der Waals surface area (Å²) in [5.41, 5.74) is 0. The first-order valence-electron chi connectivity index (χ1n) is 4.76. The van der Waals surface area contributed by atoms with Crippen LogP contribution in [0.25, 0.3) is 0 Å². The fourth-order valence-electron chi connectivity index (χ4n) is 1.04. The first-order chi connectivity index (χ1) is 7.56. The minimum atomic E-state index is -0.675. The van der Waals surface area contributed by atoms with Gasteiger partial charge in [-0.15, -0.1) is 11.3 Å². The van der Waals surface area contributed by atoms with E-state index in [1.807, 2.05) is 0 Å². The maximum Gasteiger partial charge on any atom is 0.328 e. The zero-order chi connectivity index (χ0) is 12.1. The van der Waals surface area contributed by atoms with Crippen molar-refractivity contribution in [3.63, 3.8) is 0 Å². The average Bonchev–Trinajstić information content (AvgIpc) is 2.64. The molecule has 88 valence electrons. The van der Waals surface area contributed by atoms with Gasteiger partial charge in [0.25, 0.3) is 5.91 Å². The number of esters is 1. The molecule has 1 rings (SSSR count). The third-order valence-corrected chi connectivity index (χ3v) is 3.15. The number of carbonyl (C=O) groups is 2. The highest BCUT2D eigenvalue weighted by Gasteiger charge is 2.19. The molecule has 0 radical (unpaired) electrons. The molecule has 0 bridgehead atoms. The standard InChI is InChI=1S/C10H12ClNO3S/c1-3-15-10(14)6(2)12-9(13)8-7(11)4-5-16-8/h4-6H,3H2,1-2H3,(H,12,13). The van der Waals surface area contributed by atoms with Crippen molar-refractivity contribution in [2.45, 2.75) is 19.9 Å². The molecule has 0 aliphatic rings. The summed E-state index contributed by atoms with van der Waals surface area (Å²) < 4.78 is 4.77. The zero-order valence-corrected chi connectivity index (χ0v) is 10.5. The molecule has 6 heteroatoms. The zero-order valence-electron chi connectivity index (χ0n) is 8.95. The number of amides is 1. The van der Waals surface area contributed by atoms with Gasteiger partial charge in [0.2, 0.25) is 0 Å². The van der Waals surface area contributed by atoms with Gasteiger partial charge in [0, 0.05) is 0 Å². The van der Waals surface area contributed by atoms with Crippen LogP contribution >= 0.6 is 22.9 Å². The van der Waals surface area contributed by atoms with Crippen LogP contribution in [-0.4, -0.2) is 24.5 Å². The summed E-state index contributed by atoms with van der Waals surface area (Å²) in [6.45, 7) is 3.57. The van der Waals surface area contributed by atoms with E-state index >= 15 is 0 Å². The van der Waals surface area contributed by atoms with E-state index < -0.39 is 12.0 Å². The third-order valence-electron chi connectivity index (χ3n) is 1.81. The van der Waals surface area contributed by atoms with Gasteiger partial charge in [0.15, 0.2) is 0 Å². The molecular formula is C10H12ClNO3S. The van der Waals surface area contributed by atoms with E-state index in [2.05, 4.69) is 5.32 Å². The van der Waals surface area contributed by atoms with Crippen molar-refractivity contribution in [3.05, 3.63) is 21.3 Å². The number of thiophene rings is 1. The number of ether oxygens (including phenoxy) is 1. The van der Waals surface area contributed by atoms with Crippen LogP contribution < -0.4 is 5.32 Å². The van der Waals surface area contributed by atoms with E-state index in [9.17, 15) is 9.59 Å². The van der Waals surface area contributed by atoms with Gasteiger partial charge >= 0.3 is 5.97 Å². The molecule has 1 aromatic heterocycles. The highest BCUT2D eigenvalue weighted by Crippen LogP contribution is 2.21. The summed E-state index contributed by atoms with van der Waals surface area (Å²) in [6.07, 6.45) is 0. The lowest BCUT2D eigenvalue weighted by Gasteiger charge is -2.11. The number of hydrogen-bond donors (Lipinski definition) is 1. The normalized spacial score (nSPS) is 11.9. The molecule has 16 heavy (non-hydrogen) atoms. The molecule has 1 heterocycles. The Morgan fingerprint density at radius 3 is 2.81 bits per heavy atom. The van der Waals surface area contributed by atoms with Crippen LogP contribution in [0.5, 0.6) is 0 Å². The van der Waals surface area contributed by atoms with Gasteiger partial charge in [-0.1, -0.05) is 11.6 Å². The van der Waals surface area contributed by atoms with Crippen LogP contribution in [0.3, 0.4) is 0 Å². The first-order valence-corrected chi connectivity index (χ1v) is 6.02. The Bertz CT molecular complexity index is 391. The summed E-state index contributed by atoms with van der Waals surface area (Å²) in [5.74, 6) is -0.816. The summed E-state index contributed by atoms with van der Waals surface area (Å²) in [4.78, 5) is 23.3. The van der Waals surface area contributed by atoms with Crippen molar-refractivity contribution < 1.29 is 14.3 Å². The average molecular weight is 262 g/mol. The minimum Gasteiger partial charge on any atom is -0.464 e. The largest absolute Gasteiger partial charge is 0.464 e. The summed E-state index contributed by atoms with van der Waals surface area (Å²) in [5, 5.41) is 4.62. The molecule has 4 nitrogen and oxygen atoms in total. The number of rotatable bonds is 4. The highest BCUT2D eigenvalue weighted by molar-refractivity contribution is 7.12. The molecule has 0 saturated heterocycles. The predicted molar refractivity (Wildman–Crippen MR) is 62.9 cm³/mol. The molecule has 1 aromatic rings. The fourth-order valence-corrected chi connectivity index (χ4v) is 2.09. The van der Waals surface area contributed by atoms with E-state index in [0.717, 1.165) is 0 Å². The first kappa shape index (κ1) is 13.0. The lowest BCUT2D eigenvalue weighted by Crippen LogP contribution is -2.39. The molecule has 0 saturated carbocycles. The van der Waals surface area contributed by atoms with Crippen LogP contribution in [0.4, 0.5) is 0 Å². The minimum absolute atomic E-state index is 0.290. The lowest BCUT2D eigenvalue weighted by molar-refractivity contribution is -0.144. The third kappa shape index (κ3) is 3.21. The van der Waals surface area contributed by atoms with Crippen LogP contribution in [-0.2, 0) is 9.53 Å². The van der Waals surface area contributed by atoms with E-state index in [4.69, 9.17) is 16.3 Å². The Morgan fingerprint density at radius 1 is 1.62 bits per heavy atom. The van der Waals surface area contributed by atoms with E-state index in [-0.39, 0.29) is 5.91 Å². The highest BCUT2D eigenvalue weighted by atomic mass is 35.5. The summed E-state index contributed by atoms with van der Waals surface area (Å²) in [6, 6.07) is 0.960. The second kappa shape index (κ2) is 5.86. The molecule has 0 aromatic carbocycles. The Hall–Kier alpha value is -1.07. The van der Waals surface area contributed by atoms with Gasteiger partial charge in [0.05, 0.1) is 11.6 Å². The van der Waals surface area contributed by atoms with Crippen LogP contribution in [0.15, 0.2) is 11.4 Å². The number of halogens is 1. The molecule has 0 spiro atoms. The number of carbonyl (C=O) groups excluding carboxylic acids is 2. The summed E-state index contributed by atoms with van der Waals surface area (Å²) >= 11 is 7.02. The SMILES string of the molecule is CCOC(=O)C(C)NC(=O)c1sccc1Cl. The molecule has 1 N–H and O–H groups in total. The number of nitrogens with one attached hydrogen (secondary N) is 1. The molecule has 1 amide bonds. The van der Waals surface area contributed by atoms with Crippen LogP contribution in [0.1, 0.15) is 23.5 Å². The number of hydrogen-bond acceptors (Lipinski definition) is 4. The van der Waals surface area contributed by atoms with E-state index in [1.54, 1.807) is 25.3 Å². The van der Waals surface area contributed by atoms with Crippen molar-refractivity contribution in [1.82, 2.24) is 5.32 Å². The quantitative estimate of drug-likeness (QED) is 0.845. The Labute approximate surface area is 103 Å². The molecule has 0 aliphatic heterocycles. The fraction of sp³-hybridized carbons (Fsp3) is 0.400. The molecule has 1 unspecified atom stereocenters. The van der Waals surface area contributed by atoms with Crippen molar-refractivity contribution in [2.75, 3.05) is 6.61 Å². The molecule has 0 fully saturated rings. The van der Waals surface area contributed by atoms with Gasteiger partial charge in [-0.25, -0.2) is 4.79 Å². The molecule has 0 aliphatic carbocycles. The maximum absolute atomic E-state index is 11.7. The molecular weight excluding hydrogens is 250 g/mol.